The van der Waals surface area contributed by atoms with Crippen molar-refractivity contribution in [2.75, 3.05) is 31.6 Å². The first-order valence-electron chi connectivity index (χ1n) is 10.2. The Morgan fingerprint density at radius 3 is 2.71 bits per heavy atom. The molecule has 1 fully saturated rings. The van der Waals surface area contributed by atoms with E-state index in [1.54, 1.807) is 29.5 Å². The van der Waals surface area contributed by atoms with Gasteiger partial charge in [0.1, 0.15) is 13.2 Å². The summed E-state index contributed by atoms with van der Waals surface area (Å²) in [7, 11) is 0. The summed E-state index contributed by atoms with van der Waals surface area (Å²) in [5, 5.41) is 7.25. The number of hydrogen-bond donors (Lipinski definition) is 2. The van der Waals surface area contributed by atoms with Crippen LogP contribution in [0.2, 0.25) is 0 Å². The molecule has 2 aliphatic heterocycles. The van der Waals surface area contributed by atoms with Crippen molar-refractivity contribution in [3.63, 3.8) is 0 Å². The number of hydrogen-bond acceptors (Lipinski definition) is 7. The molecular formula is C22H22N4O4S. The van der Waals surface area contributed by atoms with Crippen molar-refractivity contribution in [1.82, 2.24) is 14.9 Å². The van der Waals surface area contributed by atoms with E-state index in [1.165, 1.54) is 6.07 Å². The van der Waals surface area contributed by atoms with Crippen molar-refractivity contribution in [3.05, 3.63) is 57.0 Å². The zero-order valence-electron chi connectivity index (χ0n) is 16.8. The maximum absolute atomic E-state index is 12.9. The van der Waals surface area contributed by atoms with E-state index >= 15 is 0 Å². The molecule has 2 aromatic heterocycles. The van der Waals surface area contributed by atoms with Gasteiger partial charge < -0.3 is 19.7 Å². The largest absolute Gasteiger partial charge is 0.486 e. The number of piperidine rings is 1. The van der Waals surface area contributed by atoms with Crippen LogP contribution in [0.3, 0.4) is 0 Å². The number of H-pyrrole nitrogens is 1. The fourth-order valence-electron chi connectivity index (χ4n) is 3.86. The van der Waals surface area contributed by atoms with E-state index in [0.29, 0.717) is 55.0 Å². The van der Waals surface area contributed by atoms with E-state index in [1.807, 2.05) is 21.7 Å². The van der Waals surface area contributed by atoms with Crippen LogP contribution in [0.1, 0.15) is 23.2 Å². The molecule has 160 valence electrons. The van der Waals surface area contributed by atoms with Crippen LogP contribution in [0, 0.1) is 0 Å². The average Bonchev–Trinajstić information content (AvgIpc) is 3.34. The lowest BCUT2D eigenvalue weighted by atomic mass is 10.0. The number of benzene rings is 1. The minimum atomic E-state index is -0.190. The zero-order valence-corrected chi connectivity index (χ0v) is 17.6. The van der Waals surface area contributed by atoms with Gasteiger partial charge in [-0.25, -0.2) is 4.98 Å². The van der Waals surface area contributed by atoms with Crippen molar-refractivity contribution in [2.24, 2.45) is 0 Å². The molecule has 0 radical (unpaired) electrons. The summed E-state index contributed by atoms with van der Waals surface area (Å²) in [6.45, 7) is 2.27. The lowest BCUT2D eigenvalue weighted by Gasteiger charge is -2.32. The number of nitrogens with one attached hydrogen (secondary N) is 2. The first-order valence-corrected chi connectivity index (χ1v) is 11.2. The van der Waals surface area contributed by atoms with Crippen molar-refractivity contribution >= 4 is 23.2 Å². The van der Waals surface area contributed by atoms with Gasteiger partial charge in [-0.15, -0.1) is 0 Å². The Bertz CT molecular complexity index is 1140. The van der Waals surface area contributed by atoms with Crippen LogP contribution in [-0.2, 0) is 0 Å². The van der Waals surface area contributed by atoms with Crippen molar-refractivity contribution in [2.45, 2.75) is 18.9 Å². The first kappa shape index (κ1) is 19.6. The summed E-state index contributed by atoms with van der Waals surface area (Å²) < 4.78 is 11.1. The van der Waals surface area contributed by atoms with Crippen molar-refractivity contribution in [1.29, 1.82) is 0 Å². The molecule has 0 spiro atoms. The van der Waals surface area contributed by atoms with Gasteiger partial charge >= 0.3 is 0 Å². The van der Waals surface area contributed by atoms with Gasteiger partial charge in [-0.3, -0.25) is 14.6 Å². The maximum Gasteiger partial charge on any atom is 0.253 e. The highest BCUT2D eigenvalue weighted by atomic mass is 32.1. The molecule has 1 aromatic carbocycles. The minimum Gasteiger partial charge on any atom is -0.486 e. The molecule has 3 aromatic rings. The first-order chi connectivity index (χ1) is 15.2. The second-order valence-corrected chi connectivity index (χ2v) is 8.34. The number of fused-ring (bicyclic) bond motifs is 1. The number of ether oxygens (including phenoxy) is 2. The Kier molecular flexibility index (Phi) is 5.33. The molecule has 31 heavy (non-hydrogen) atoms. The van der Waals surface area contributed by atoms with Gasteiger partial charge in [0.25, 0.3) is 11.5 Å². The molecule has 2 aliphatic rings. The third-order valence-corrected chi connectivity index (χ3v) is 6.15. The van der Waals surface area contributed by atoms with Crippen LogP contribution < -0.4 is 20.3 Å². The molecule has 4 heterocycles. The summed E-state index contributed by atoms with van der Waals surface area (Å²) in [5.74, 6) is 1.75. The number of carbonyl (C=O) groups excluding carboxylic acids is 1. The highest BCUT2D eigenvalue weighted by molar-refractivity contribution is 7.08. The van der Waals surface area contributed by atoms with E-state index in [-0.39, 0.29) is 17.5 Å². The summed E-state index contributed by atoms with van der Waals surface area (Å²) >= 11 is 1.57. The quantitative estimate of drug-likeness (QED) is 0.650. The maximum atomic E-state index is 12.9. The minimum absolute atomic E-state index is 0.0126. The summed E-state index contributed by atoms with van der Waals surface area (Å²) in [6, 6.07) is 8.90. The molecule has 0 unspecified atom stereocenters. The van der Waals surface area contributed by atoms with Gasteiger partial charge in [0.05, 0.1) is 5.69 Å². The molecule has 0 bridgehead atoms. The van der Waals surface area contributed by atoms with Crippen molar-refractivity contribution < 1.29 is 14.3 Å². The Morgan fingerprint density at radius 2 is 1.94 bits per heavy atom. The number of aromatic amines is 1. The zero-order chi connectivity index (χ0) is 21.2. The van der Waals surface area contributed by atoms with Crippen LogP contribution in [0.5, 0.6) is 11.5 Å². The summed E-state index contributed by atoms with van der Waals surface area (Å²) in [6.07, 6.45) is 1.53. The standard InChI is InChI=1S/C22H22N4O4S/c27-20-12-17(15-5-10-31-13-15)24-22(25-20)23-16-3-6-26(7-4-16)21(28)14-1-2-18-19(11-14)30-9-8-29-18/h1-2,5,10-13,16H,3-4,6-9H2,(H2,23,24,25,27). The number of aromatic nitrogens is 2. The van der Waals surface area contributed by atoms with Gasteiger partial charge in [-0.1, -0.05) is 0 Å². The lowest BCUT2D eigenvalue weighted by molar-refractivity contribution is 0.0717. The molecule has 1 amide bonds. The highest BCUT2D eigenvalue weighted by Gasteiger charge is 2.25. The third kappa shape index (κ3) is 4.27. The van der Waals surface area contributed by atoms with Crippen molar-refractivity contribution in [3.8, 4) is 22.8 Å². The van der Waals surface area contributed by atoms with Crippen LogP contribution in [0.15, 0.2) is 45.9 Å². The molecule has 0 aliphatic carbocycles. The van der Waals surface area contributed by atoms with Crippen LogP contribution >= 0.6 is 11.3 Å². The molecule has 0 atom stereocenters. The predicted molar refractivity (Wildman–Crippen MR) is 118 cm³/mol. The van der Waals surface area contributed by atoms with E-state index in [9.17, 15) is 9.59 Å². The number of carbonyl (C=O) groups is 1. The number of amides is 1. The second kappa shape index (κ2) is 8.43. The lowest BCUT2D eigenvalue weighted by Crippen LogP contribution is -2.42. The number of anilines is 1. The van der Waals surface area contributed by atoms with E-state index < -0.39 is 0 Å². The van der Waals surface area contributed by atoms with Gasteiger partial charge in [0, 0.05) is 41.7 Å². The SMILES string of the molecule is O=C(c1ccc2c(c1)OCCO2)N1CCC(Nc2nc(-c3ccsc3)cc(=O)[nH]2)CC1. The van der Waals surface area contributed by atoms with Crippen LogP contribution in [0.25, 0.3) is 11.3 Å². The molecule has 8 nitrogen and oxygen atoms in total. The average molecular weight is 439 g/mol. The van der Waals surface area contributed by atoms with E-state index in [2.05, 4.69) is 15.3 Å². The molecule has 5 rings (SSSR count). The molecule has 0 saturated carbocycles. The molecular weight excluding hydrogens is 416 g/mol. The summed E-state index contributed by atoms with van der Waals surface area (Å²) in [4.78, 5) is 34.1. The van der Waals surface area contributed by atoms with Gasteiger partial charge in [-0.05, 0) is 42.5 Å². The highest BCUT2D eigenvalue weighted by Crippen LogP contribution is 2.31. The Labute approximate surface area is 182 Å². The topological polar surface area (TPSA) is 96.6 Å². The second-order valence-electron chi connectivity index (χ2n) is 7.56. The smallest absolute Gasteiger partial charge is 0.253 e. The molecule has 1 saturated heterocycles. The van der Waals surface area contributed by atoms with Crippen LogP contribution in [0.4, 0.5) is 5.95 Å². The predicted octanol–water partition coefficient (Wildman–Crippen LogP) is 2.99. The number of rotatable bonds is 4. The van der Waals surface area contributed by atoms with Gasteiger partial charge in [-0.2, -0.15) is 11.3 Å². The Balaban J connectivity index is 1.22. The number of likely N-dealkylation sites (tertiary alicyclic amines) is 1. The molecule has 9 heteroatoms. The monoisotopic (exact) mass is 438 g/mol. The third-order valence-electron chi connectivity index (χ3n) is 5.47. The number of thiophene rings is 1. The van der Waals surface area contributed by atoms with E-state index in [0.717, 1.165) is 18.4 Å². The fourth-order valence-corrected chi connectivity index (χ4v) is 4.51. The van der Waals surface area contributed by atoms with E-state index in [4.69, 9.17) is 9.47 Å². The normalized spacial score (nSPS) is 16.2. The Hall–Kier alpha value is -3.33. The van der Waals surface area contributed by atoms with Crippen LogP contribution in [-0.4, -0.2) is 53.1 Å². The molecule has 2 N–H and O–H groups in total. The van der Waals surface area contributed by atoms with Gasteiger partial charge in [0.15, 0.2) is 11.5 Å². The number of nitrogens with zero attached hydrogens (tertiary/aromatic N) is 2. The summed E-state index contributed by atoms with van der Waals surface area (Å²) in [5.41, 5.74) is 1.99. The fraction of sp³-hybridized carbons (Fsp3) is 0.318. The van der Waals surface area contributed by atoms with Gasteiger partial charge in [0.2, 0.25) is 5.95 Å². The Morgan fingerprint density at radius 1 is 1.13 bits per heavy atom.